The summed E-state index contributed by atoms with van der Waals surface area (Å²) < 4.78 is 0. The molecule has 0 aromatic heterocycles. The summed E-state index contributed by atoms with van der Waals surface area (Å²) in [5.41, 5.74) is 7.79. The molecular formula is C15H25Cl2N3O. The van der Waals surface area contributed by atoms with Crippen LogP contribution in [0.25, 0.3) is 0 Å². The molecule has 2 rings (SSSR count). The van der Waals surface area contributed by atoms with Crippen LogP contribution in [0.4, 0.5) is 5.69 Å². The van der Waals surface area contributed by atoms with Gasteiger partial charge in [-0.1, -0.05) is 19.1 Å². The predicted molar refractivity (Wildman–Crippen MR) is 92.3 cm³/mol. The highest BCUT2D eigenvalue weighted by Gasteiger charge is 2.13. The maximum atomic E-state index is 11.8. The van der Waals surface area contributed by atoms with Gasteiger partial charge in [0.1, 0.15) is 0 Å². The SMILES string of the molecule is CC[C@H](N)C(=O)Nc1cccc(CN2CCCC2)c1.Cl.Cl. The number of nitrogens with one attached hydrogen (secondary N) is 1. The minimum absolute atomic E-state index is 0. The van der Waals surface area contributed by atoms with Crippen LogP contribution in [0.1, 0.15) is 31.7 Å². The summed E-state index contributed by atoms with van der Waals surface area (Å²) in [7, 11) is 0. The molecule has 21 heavy (non-hydrogen) atoms. The van der Waals surface area contributed by atoms with Crippen molar-refractivity contribution in [1.82, 2.24) is 4.90 Å². The summed E-state index contributed by atoms with van der Waals surface area (Å²) in [6, 6.07) is 7.61. The van der Waals surface area contributed by atoms with Crippen LogP contribution in [0.15, 0.2) is 24.3 Å². The Morgan fingerprint density at radius 1 is 1.33 bits per heavy atom. The van der Waals surface area contributed by atoms with Gasteiger partial charge >= 0.3 is 0 Å². The number of rotatable bonds is 5. The number of hydrogen-bond donors (Lipinski definition) is 2. The average molecular weight is 334 g/mol. The lowest BCUT2D eigenvalue weighted by Gasteiger charge is -2.16. The van der Waals surface area contributed by atoms with Crippen LogP contribution in [0.5, 0.6) is 0 Å². The van der Waals surface area contributed by atoms with E-state index in [9.17, 15) is 4.79 Å². The fraction of sp³-hybridized carbons (Fsp3) is 0.533. The van der Waals surface area contributed by atoms with Gasteiger partial charge in [0.15, 0.2) is 0 Å². The molecule has 0 unspecified atom stereocenters. The number of carbonyl (C=O) groups excluding carboxylic acids is 1. The minimum Gasteiger partial charge on any atom is -0.325 e. The molecule has 6 heteroatoms. The fourth-order valence-electron chi connectivity index (χ4n) is 2.37. The number of amides is 1. The Bertz CT molecular complexity index is 437. The molecule has 1 heterocycles. The average Bonchev–Trinajstić information content (AvgIpc) is 2.91. The fourth-order valence-corrected chi connectivity index (χ4v) is 2.37. The first-order chi connectivity index (χ1) is 9.19. The predicted octanol–water partition coefficient (Wildman–Crippen LogP) is 2.80. The lowest BCUT2D eigenvalue weighted by atomic mass is 10.1. The van der Waals surface area contributed by atoms with E-state index in [-0.39, 0.29) is 30.7 Å². The van der Waals surface area contributed by atoms with Gasteiger partial charge in [-0.3, -0.25) is 9.69 Å². The molecule has 0 saturated carbocycles. The van der Waals surface area contributed by atoms with Crippen molar-refractivity contribution in [1.29, 1.82) is 0 Å². The molecule has 1 aliphatic heterocycles. The molecule has 3 N–H and O–H groups in total. The van der Waals surface area contributed by atoms with E-state index < -0.39 is 6.04 Å². The molecular weight excluding hydrogens is 309 g/mol. The van der Waals surface area contributed by atoms with Crippen molar-refractivity contribution in [2.45, 2.75) is 38.8 Å². The second kappa shape index (κ2) is 10.0. The van der Waals surface area contributed by atoms with Gasteiger partial charge in [0.2, 0.25) is 5.91 Å². The van der Waals surface area contributed by atoms with E-state index in [0.29, 0.717) is 6.42 Å². The Kier molecular flexibility index (Phi) is 9.62. The summed E-state index contributed by atoms with van der Waals surface area (Å²) in [6.07, 6.45) is 3.24. The first-order valence-electron chi connectivity index (χ1n) is 7.07. The summed E-state index contributed by atoms with van der Waals surface area (Å²) in [5, 5.41) is 2.88. The lowest BCUT2D eigenvalue weighted by Crippen LogP contribution is -2.34. The first kappa shape index (κ1) is 20.2. The third-order valence-corrected chi connectivity index (χ3v) is 3.58. The molecule has 1 atom stereocenters. The van der Waals surface area contributed by atoms with E-state index in [4.69, 9.17) is 5.73 Å². The van der Waals surface area contributed by atoms with Crippen molar-refractivity contribution < 1.29 is 4.79 Å². The molecule has 0 radical (unpaired) electrons. The normalized spacial score (nSPS) is 15.7. The molecule has 0 bridgehead atoms. The highest BCUT2D eigenvalue weighted by Crippen LogP contribution is 2.16. The summed E-state index contributed by atoms with van der Waals surface area (Å²) in [5.74, 6) is -0.110. The maximum absolute atomic E-state index is 11.8. The van der Waals surface area contributed by atoms with E-state index in [1.54, 1.807) is 0 Å². The molecule has 1 aromatic carbocycles. The lowest BCUT2D eigenvalue weighted by molar-refractivity contribution is -0.117. The number of hydrogen-bond acceptors (Lipinski definition) is 3. The molecule has 1 aromatic rings. The molecule has 1 fully saturated rings. The van der Waals surface area contributed by atoms with E-state index in [0.717, 1.165) is 12.2 Å². The maximum Gasteiger partial charge on any atom is 0.241 e. The number of anilines is 1. The van der Waals surface area contributed by atoms with E-state index in [1.807, 2.05) is 25.1 Å². The largest absolute Gasteiger partial charge is 0.325 e. The molecule has 4 nitrogen and oxygen atoms in total. The van der Waals surface area contributed by atoms with Crippen molar-refractivity contribution in [2.24, 2.45) is 5.73 Å². The third-order valence-electron chi connectivity index (χ3n) is 3.58. The van der Waals surface area contributed by atoms with Crippen molar-refractivity contribution in [2.75, 3.05) is 18.4 Å². The topological polar surface area (TPSA) is 58.4 Å². The zero-order valence-electron chi connectivity index (χ0n) is 12.4. The van der Waals surface area contributed by atoms with Gasteiger partial charge in [-0.05, 0) is 50.0 Å². The monoisotopic (exact) mass is 333 g/mol. The number of benzene rings is 1. The number of carbonyl (C=O) groups is 1. The van der Waals surface area contributed by atoms with Crippen molar-refractivity contribution in [3.8, 4) is 0 Å². The van der Waals surface area contributed by atoms with Crippen LogP contribution in [0.3, 0.4) is 0 Å². The Hall–Kier alpha value is -0.810. The van der Waals surface area contributed by atoms with Gasteiger partial charge in [0, 0.05) is 12.2 Å². The third kappa shape index (κ3) is 6.22. The molecule has 1 aliphatic rings. The van der Waals surface area contributed by atoms with Crippen LogP contribution in [-0.4, -0.2) is 29.9 Å². The van der Waals surface area contributed by atoms with Crippen LogP contribution < -0.4 is 11.1 Å². The van der Waals surface area contributed by atoms with Crippen molar-refractivity contribution in [3.05, 3.63) is 29.8 Å². The van der Waals surface area contributed by atoms with Gasteiger partial charge in [-0.15, -0.1) is 24.8 Å². The Morgan fingerprint density at radius 3 is 2.62 bits per heavy atom. The smallest absolute Gasteiger partial charge is 0.241 e. The Morgan fingerprint density at radius 2 is 2.00 bits per heavy atom. The van der Waals surface area contributed by atoms with Crippen LogP contribution in [0, 0.1) is 0 Å². The molecule has 0 spiro atoms. The van der Waals surface area contributed by atoms with Gasteiger partial charge in [-0.25, -0.2) is 0 Å². The van der Waals surface area contributed by atoms with Crippen LogP contribution >= 0.6 is 24.8 Å². The van der Waals surface area contributed by atoms with Crippen LogP contribution in [0.2, 0.25) is 0 Å². The number of halogens is 2. The number of likely N-dealkylation sites (tertiary alicyclic amines) is 1. The van der Waals surface area contributed by atoms with Gasteiger partial charge < -0.3 is 11.1 Å². The summed E-state index contributed by atoms with van der Waals surface area (Å²) >= 11 is 0. The van der Waals surface area contributed by atoms with E-state index in [2.05, 4.69) is 16.3 Å². The number of nitrogens with zero attached hydrogens (tertiary/aromatic N) is 1. The highest BCUT2D eigenvalue weighted by atomic mass is 35.5. The van der Waals surface area contributed by atoms with Gasteiger partial charge in [0.05, 0.1) is 6.04 Å². The van der Waals surface area contributed by atoms with Crippen LogP contribution in [-0.2, 0) is 11.3 Å². The second-order valence-electron chi connectivity index (χ2n) is 5.19. The summed E-state index contributed by atoms with van der Waals surface area (Å²) in [6.45, 7) is 5.23. The highest BCUT2D eigenvalue weighted by molar-refractivity contribution is 5.94. The molecule has 1 saturated heterocycles. The number of nitrogens with two attached hydrogens (primary N) is 1. The molecule has 1 amide bonds. The first-order valence-corrected chi connectivity index (χ1v) is 7.07. The second-order valence-corrected chi connectivity index (χ2v) is 5.19. The van der Waals surface area contributed by atoms with E-state index >= 15 is 0 Å². The Balaban J connectivity index is 0.00000200. The van der Waals surface area contributed by atoms with Crippen molar-refractivity contribution >= 4 is 36.4 Å². The standard InChI is InChI=1S/C15H23N3O.2ClH/c1-2-14(16)15(19)17-13-7-5-6-12(10-13)11-18-8-3-4-9-18;;/h5-7,10,14H,2-4,8-9,11,16H2,1H3,(H,17,19);2*1H/t14-;;/m0../s1. The van der Waals surface area contributed by atoms with E-state index in [1.165, 1.54) is 31.5 Å². The summed E-state index contributed by atoms with van der Waals surface area (Å²) in [4.78, 5) is 14.2. The minimum atomic E-state index is -0.428. The zero-order chi connectivity index (χ0) is 13.7. The Labute approximate surface area is 139 Å². The van der Waals surface area contributed by atoms with Crippen molar-refractivity contribution in [3.63, 3.8) is 0 Å². The van der Waals surface area contributed by atoms with Gasteiger partial charge in [0.25, 0.3) is 0 Å². The quantitative estimate of drug-likeness (QED) is 0.871. The molecule has 0 aliphatic carbocycles. The zero-order valence-corrected chi connectivity index (χ0v) is 14.0. The molecule has 120 valence electrons. The van der Waals surface area contributed by atoms with Gasteiger partial charge in [-0.2, -0.15) is 0 Å².